The fourth-order valence-electron chi connectivity index (χ4n) is 4.00. The maximum atomic E-state index is 12.9. The number of alkyl halides is 3. The minimum Gasteiger partial charge on any atom is -0.312 e. The van der Waals surface area contributed by atoms with Gasteiger partial charge in [0, 0.05) is 18.1 Å². The van der Waals surface area contributed by atoms with E-state index >= 15 is 0 Å². The van der Waals surface area contributed by atoms with Crippen LogP contribution in [0.4, 0.5) is 13.2 Å². The van der Waals surface area contributed by atoms with Crippen LogP contribution in [-0.4, -0.2) is 43.3 Å². The normalized spacial score (nSPS) is 30.6. The van der Waals surface area contributed by atoms with Crippen molar-refractivity contribution in [3.8, 4) is 0 Å². The number of likely N-dealkylation sites (N-methyl/N-ethyl adjacent to an activating group) is 1. The van der Waals surface area contributed by atoms with Gasteiger partial charge in [-0.1, -0.05) is 25.7 Å². The largest absolute Gasteiger partial charge is 0.391 e. The van der Waals surface area contributed by atoms with E-state index in [4.69, 9.17) is 0 Å². The molecule has 2 aliphatic carbocycles. The molecule has 2 nitrogen and oxygen atoms in total. The topological polar surface area (TPSA) is 15.3 Å². The third-order valence-corrected chi connectivity index (χ3v) is 5.59. The Labute approximate surface area is 126 Å². The van der Waals surface area contributed by atoms with Gasteiger partial charge in [-0.05, 0) is 46.2 Å². The second-order valence-electron chi connectivity index (χ2n) is 7.16. The van der Waals surface area contributed by atoms with Gasteiger partial charge in [0.25, 0.3) is 0 Å². The number of nitrogens with zero attached hydrogens (tertiary/aromatic N) is 1. The predicted octanol–water partition coefficient (Wildman–Crippen LogP) is 3.96. The molecule has 0 aromatic rings. The van der Waals surface area contributed by atoms with Crippen LogP contribution >= 0.6 is 0 Å². The molecular formula is C16H29F3N2. The van der Waals surface area contributed by atoms with Crippen LogP contribution in [-0.2, 0) is 0 Å². The Hall–Kier alpha value is -0.290. The summed E-state index contributed by atoms with van der Waals surface area (Å²) in [6.45, 7) is 0.829. The number of rotatable bonds is 4. The highest BCUT2D eigenvalue weighted by Gasteiger charge is 2.42. The molecule has 2 atom stereocenters. The Bertz CT molecular complexity index is 322. The Morgan fingerprint density at radius 3 is 2.29 bits per heavy atom. The lowest BCUT2D eigenvalue weighted by atomic mass is 9.79. The van der Waals surface area contributed by atoms with Gasteiger partial charge in [-0.2, -0.15) is 13.2 Å². The standard InChI is InChI=1S/C16H29F3N2/c1-21(2)15(9-4-3-5-10-15)12-20-14-8-6-7-13(11-14)16(17,18)19/h13-14,20H,3-12H2,1-2H3. The highest BCUT2D eigenvalue weighted by Crippen LogP contribution is 2.38. The molecule has 2 aliphatic rings. The molecule has 2 fully saturated rings. The first kappa shape index (κ1) is 17.1. The zero-order valence-electron chi connectivity index (χ0n) is 13.3. The molecule has 0 amide bonds. The summed E-state index contributed by atoms with van der Waals surface area (Å²) in [5.41, 5.74) is 0.142. The van der Waals surface area contributed by atoms with Crippen molar-refractivity contribution in [3.63, 3.8) is 0 Å². The molecule has 0 radical (unpaired) electrons. The van der Waals surface area contributed by atoms with E-state index < -0.39 is 12.1 Å². The predicted molar refractivity (Wildman–Crippen MR) is 79.3 cm³/mol. The summed E-state index contributed by atoms with van der Waals surface area (Å²) in [5.74, 6) is -1.11. The van der Waals surface area contributed by atoms with E-state index in [1.54, 1.807) is 0 Å². The smallest absolute Gasteiger partial charge is 0.312 e. The van der Waals surface area contributed by atoms with Gasteiger partial charge in [-0.15, -0.1) is 0 Å². The van der Waals surface area contributed by atoms with E-state index in [2.05, 4.69) is 24.3 Å². The summed E-state index contributed by atoms with van der Waals surface area (Å²) in [5, 5.41) is 3.47. The molecule has 0 spiro atoms. The third kappa shape index (κ3) is 4.35. The van der Waals surface area contributed by atoms with Crippen molar-refractivity contribution in [2.24, 2.45) is 5.92 Å². The lowest BCUT2D eigenvalue weighted by molar-refractivity contribution is -0.183. The van der Waals surface area contributed by atoms with Gasteiger partial charge in [0.2, 0.25) is 0 Å². The Morgan fingerprint density at radius 1 is 1.05 bits per heavy atom. The second kappa shape index (κ2) is 6.86. The lowest BCUT2D eigenvalue weighted by Gasteiger charge is -2.44. The van der Waals surface area contributed by atoms with E-state index in [-0.39, 0.29) is 18.0 Å². The van der Waals surface area contributed by atoms with Crippen LogP contribution in [0.25, 0.3) is 0 Å². The Morgan fingerprint density at radius 2 is 1.71 bits per heavy atom. The Kier molecular flexibility index (Phi) is 5.58. The molecule has 2 unspecified atom stereocenters. The third-order valence-electron chi connectivity index (χ3n) is 5.59. The van der Waals surface area contributed by atoms with Gasteiger partial charge < -0.3 is 10.2 Å². The molecule has 2 rings (SSSR count). The van der Waals surface area contributed by atoms with Gasteiger partial charge >= 0.3 is 6.18 Å². The van der Waals surface area contributed by atoms with Crippen molar-refractivity contribution >= 4 is 0 Å². The fraction of sp³-hybridized carbons (Fsp3) is 1.00. The number of hydrogen-bond acceptors (Lipinski definition) is 2. The number of halogens is 3. The minimum absolute atomic E-state index is 0.0316. The van der Waals surface area contributed by atoms with E-state index in [0.29, 0.717) is 12.8 Å². The zero-order valence-corrected chi connectivity index (χ0v) is 13.3. The molecule has 0 saturated heterocycles. The highest BCUT2D eigenvalue weighted by molar-refractivity contribution is 4.94. The van der Waals surface area contributed by atoms with Crippen molar-refractivity contribution in [2.45, 2.75) is 75.5 Å². The Balaban J connectivity index is 1.89. The quantitative estimate of drug-likeness (QED) is 0.845. The average Bonchev–Trinajstić information content (AvgIpc) is 2.45. The average molecular weight is 306 g/mol. The molecule has 1 N–H and O–H groups in total. The number of hydrogen-bond donors (Lipinski definition) is 1. The van der Waals surface area contributed by atoms with Crippen LogP contribution in [0, 0.1) is 5.92 Å². The molecule has 0 heterocycles. The van der Waals surface area contributed by atoms with Gasteiger partial charge in [-0.3, -0.25) is 0 Å². The maximum absolute atomic E-state index is 12.9. The van der Waals surface area contributed by atoms with Crippen molar-refractivity contribution < 1.29 is 13.2 Å². The van der Waals surface area contributed by atoms with Gasteiger partial charge in [0.1, 0.15) is 0 Å². The van der Waals surface area contributed by atoms with Gasteiger partial charge in [0.05, 0.1) is 5.92 Å². The van der Waals surface area contributed by atoms with Gasteiger partial charge in [-0.25, -0.2) is 0 Å². The SMILES string of the molecule is CN(C)C1(CNC2CCCC(C(F)(F)F)C2)CCCCC1. The molecule has 124 valence electrons. The molecule has 21 heavy (non-hydrogen) atoms. The zero-order chi connectivity index (χ0) is 15.5. The van der Waals surface area contributed by atoms with E-state index in [1.807, 2.05) is 0 Å². The number of nitrogens with one attached hydrogen (secondary N) is 1. The second-order valence-corrected chi connectivity index (χ2v) is 7.16. The van der Waals surface area contributed by atoms with Crippen molar-refractivity contribution in [3.05, 3.63) is 0 Å². The summed E-state index contributed by atoms with van der Waals surface area (Å²) in [6.07, 6.45) is 4.18. The molecule has 2 saturated carbocycles. The summed E-state index contributed by atoms with van der Waals surface area (Å²) in [7, 11) is 4.21. The molecule has 0 aromatic carbocycles. The van der Waals surface area contributed by atoms with Gasteiger partial charge in [0.15, 0.2) is 0 Å². The molecule has 0 aliphatic heterocycles. The van der Waals surface area contributed by atoms with E-state index in [9.17, 15) is 13.2 Å². The van der Waals surface area contributed by atoms with Crippen LogP contribution in [0.5, 0.6) is 0 Å². The van der Waals surface area contributed by atoms with Crippen molar-refractivity contribution in [1.29, 1.82) is 0 Å². The minimum atomic E-state index is -4.02. The summed E-state index contributed by atoms with van der Waals surface area (Å²) < 4.78 is 38.6. The summed E-state index contributed by atoms with van der Waals surface area (Å²) >= 11 is 0. The summed E-state index contributed by atoms with van der Waals surface area (Å²) in [4.78, 5) is 2.28. The first-order chi connectivity index (χ1) is 9.83. The van der Waals surface area contributed by atoms with Crippen LogP contribution in [0.3, 0.4) is 0 Å². The van der Waals surface area contributed by atoms with E-state index in [0.717, 1.165) is 25.8 Å². The molecule has 0 bridgehead atoms. The molecule has 0 aromatic heterocycles. The maximum Gasteiger partial charge on any atom is 0.391 e. The summed E-state index contributed by atoms with van der Waals surface area (Å²) in [6, 6.07) is 0.0316. The fourth-order valence-corrected chi connectivity index (χ4v) is 4.00. The first-order valence-electron chi connectivity index (χ1n) is 8.31. The lowest BCUT2D eigenvalue weighted by Crippen LogP contribution is -2.55. The van der Waals surface area contributed by atoms with Crippen LogP contribution in [0.2, 0.25) is 0 Å². The first-order valence-corrected chi connectivity index (χ1v) is 8.31. The van der Waals surface area contributed by atoms with E-state index in [1.165, 1.54) is 19.3 Å². The molecular weight excluding hydrogens is 277 g/mol. The highest BCUT2D eigenvalue weighted by atomic mass is 19.4. The van der Waals surface area contributed by atoms with Crippen LogP contribution in [0.15, 0.2) is 0 Å². The van der Waals surface area contributed by atoms with Crippen LogP contribution < -0.4 is 5.32 Å². The monoisotopic (exact) mass is 306 g/mol. The van der Waals surface area contributed by atoms with Crippen molar-refractivity contribution in [1.82, 2.24) is 10.2 Å². The van der Waals surface area contributed by atoms with Crippen LogP contribution in [0.1, 0.15) is 57.8 Å². The molecule has 5 heteroatoms. The van der Waals surface area contributed by atoms with Crippen molar-refractivity contribution in [2.75, 3.05) is 20.6 Å².